The molecule has 0 aliphatic heterocycles. The van der Waals surface area contributed by atoms with Crippen LogP contribution in [0.5, 0.6) is 0 Å². The van der Waals surface area contributed by atoms with E-state index in [2.05, 4.69) is 64.8 Å². The first-order valence-corrected chi connectivity index (χ1v) is 11.6. The molecule has 0 N–H and O–H groups in total. The molecule has 2 heteroatoms. The first-order chi connectivity index (χ1) is 8.81. The SMILES string of the molecule is C=CCC[Si](C)(C)C.C=C[Si]c1cccc(C)c1C. The zero-order chi connectivity index (χ0) is 14.9. The zero-order valence-electron chi connectivity index (χ0n) is 13.2. The summed E-state index contributed by atoms with van der Waals surface area (Å²) < 4.78 is 0. The molecule has 0 amide bonds. The van der Waals surface area contributed by atoms with Gasteiger partial charge >= 0.3 is 0 Å². The van der Waals surface area contributed by atoms with Gasteiger partial charge in [-0.3, -0.25) is 0 Å². The molecule has 1 rings (SSSR count). The Bertz CT molecular complexity index is 400. The molecule has 0 atom stereocenters. The second-order valence-corrected chi connectivity index (χ2v) is 12.8. The molecule has 0 spiro atoms. The highest BCUT2D eigenvalue weighted by molar-refractivity contribution is 6.76. The van der Waals surface area contributed by atoms with E-state index >= 15 is 0 Å². The molecule has 19 heavy (non-hydrogen) atoms. The summed E-state index contributed by atoms with van der Waals surface area (Å²) in [5.74, 6) is 0. The van der Waals surface area contributed by atoms with E-state index in [0.29, 0.717) is 0 Å². The Morgan fingerprint density at radius 1 is 1.16 bits per heavy atom. The zero-order valence-corrected chi connectivity index (χ0v) is 15.2. The van der Waals surface area contributed by atoms with Crippen LogP contribution in [-0.4, -0.2) is 17.6 Å². The number of hydrogen-bond acceptors (Lipinski definition) is 0. The Balaban J connectivity index is 0.000000362. The monoisotopic (exact) mass is 288 g/mol. The topological polar surface area (TPSA) is 0 Å². The lowest BCUT2D eigenvalue weighted by molar-refractivity contribution is 1.16. The smallest absolute Gasteiger partial charge is 0.107 e. The van der Waals surface area contributed by atoms with Crippen molar-refractivity contribution in [3.05, 3.63) is 54.3 Å². The van der Waals surface area contributed by atoms with E-state index in [1.54, 1.807) is 0 Å². The summed E-state index contributed by atoms with van der Waals surface area (Å²) in [6, 6.07) is 7.81. The second-order valence-electron chi connectivity index (χ2n) is 5.98. The van der Waals surface area contributed by atoms with Gasteiger partial charge in [0, 0.05) is 8.07 Å². The van der Waals surface area contributed by atoms with E-state index in [1.807, 2.05) is 11.8 Å². The molecule has 2 radical (unpaired) electrons. The van der Waals surface area contributed by atoms with Gasteiger partial charge in [0.05, 0.1) is 0 Å². The molecule has 1 aromatic rings. The number of hydrogen-bond donors (Lipinski definition) is 0. The quantitative estimate of drug-likeness (QED) is 0.545. The maximum Gasteiger partial charge on any atom is 0.111 e. The van der Waals surface area contributed by atoms with Crippen LogP contribution in [0.4, 0.5) is 0 Å². The molecule has 0 unspecified atom stereocenters. The number of allylic oxidation sites excluding steroid dienone is 1. The average Bonchev–Trinajstić information content (AvgIpc) is 2.33. The Labute approximate surface area is 123 Å². The number of aryl methyl sites for hydroxylation is 1. The maximum absolute atomic E-state index is 3.74. The Morgan fingerprint density at radius 3 is 2.21 bits per heavy atom. The van der Waals surface area contributed by atoms with Crippen LogP contribution in [0.25, 0.3) is 0 Å². The first-order valence-electron chi connectivity index (χ1n) is 6.86. The predicted octanol–water partition coefficient (Wildman–Crippen LogP) is 4.68. The van der Waals surface area contributed by atoms with Crippen LogP contribution in [0.1, 0.15) is 17.5 Å². The van der Waals surface area contributed by atoms with Crippen molar-refractivity contribution >= 4 is 22.8 Å². The third-order valence-corrected chi connectivity index (χ3v) is 5.81. The molecule has 1 aromatic carbocycles. The van der Waals surface area contributed by atoms with Gasteiger partial charge in [0.25, 0.3) is 0 Å². The van der Waals surface area contributed by atoms with E-state index < -0.39 is 8.07 Å². The lowest BCUT2D eigenvalue weighted by Crippen LogP contribution is -2.17. The molecule has 0 heterocycles. The van der Waals surface area contributed by atoms with Crippen molar-refractivity contribution in [3.63, 3.8) is 0 Å². The van der Waals surface area contributed by atoms with Crippen molar-refractivity contribution < 1.29 is 0 Å². The largest absolute Gasteiger partial charge is 0.111 e. The normalized spacial score (nSPS) is 10.4. The van der Waals surface area contributed by atoms with Gasteiger partial charge in [-0.25, -0.2) is 0 Å². The summed E-state index contributed by atoms with van der Waals surface area (Å²) in [5, 5.41) is 1.42. The highest BCUT2D eigenvalue weighted by Crippen LogP contribution is 2.10. The third-order valence-electron chi connectivity index (χ3n) is 2.96. The van der Waals surface area contributed by atoms with Gasteiger partial charge in [0.1, 0.15) is 9.52 Å². The van der Waals surface area contributed by atoms with Crippen LogP contribution in [0, 0.1) is 13.8 Å². The summed E-state index contributed by atoms with van der Waals surface area (Å²) in [7, 11) is -0.00319. The summed E-state index contributed by atoms with van der Waals surface area (Å²) >= 11 is 0. The molecule has 0 saturated carbocycles. The highest BCUT2D eigenvalue weighted by Gasteiger charge is 2.09. The van der Waals surface area contributed by atoms with Crippen LogP contribution < -0.4 is 5.19 Å². The molecule has 0 nitrogen and oxygen atoms in total. The fourth-order valence-electron chi connectivity index (χ4n) is 1.55. The Kier molecular flexibility index (Phi) is 8.69. The predicted molar refractivity (Wildman–Crippen MR) is 94.5 cm³/mol. The Morgan fingerprint density at radius 2 is 1.79 bits per heavy atom. The highest BCUT2D eigenvalue weighted by atomic mass is 28.3. The van der Waals surface area contributed by atoms with Crippen molar-refractivity contribution in [1.29, 1.82) is 0 Å². The molecular formula is C17H28Si2. The van der Waals surface area contributed by atoms with Crippen molar-refractivity contribution in [2.45, 2.75) is 46.0 Å². The van der Waals surface area contributed by atoms with Crippen LogP contribution in [0.15, 0.2) is 43.1 Å². The molecular weight excluding hydrogens is 260 g/mol. The van der Waals surface area contributed by atoms with Gasteiger partial charge < -0.3 is 0 Å². The number of rotatable bonds is 5. The van der Waals surface area contributed by atoms with Gasteiger partial charge in [-0.1, -0.05) is 55.1 Å². The fourth-order valence-corrected chi connectivity index (χ4v) is 3.45. The summed E-state index contributed by atoms with van der Waals surface area (Å²) in [6.45, 7) is 18.9. The molecule has 0 fully saturated rings. The van der Waals surface area contributed by atoms with Gasteiger partial charge in [-0.2, -0.15) is 0 Å². The van der Waals surface area contributed by atoms with Gasteiger partial charge in [-0.05, 0) is 31.4 Å². The molecule has 0 aromatic heterocycles. The molecule has 104 valence electrons. The third kappa shape index (κ3) is 8.79. The average molecular weight is 289 g/mol. The molecule has 0 aliphatic rings. The van der Waals surface area contributed by atoms with Crippen LogP contribution in [-0.2, 0) is 0 Å². The summed E-state index contributed by atoms with van der Waals surface area (Å²) in [6.07, 6.45) is 3.22. The van der Waals surface area contributed by atoms with Crippen LogP contribution in [0.2, 0.25) is 25.7 Å². The standard InChI is InChI=1S/C10H12Si.C7H16Si/c1-4-11-10-7-5-6-8(2)9(10)3;1-5-6-7-8(2,3)4/h4-7H,1H2,2-3H3;5H,1,6-7H2,2-4H3. The van der Waals surface area contributed by atoms with Gasteiger partial charge in [-0.15, -0.1) is 18.9 Å². The van der Waals surface area contributed by atoms with Crippen molar-refractivity contribution in [2.75, 3.05) is 0 Å². The van der Waals surface area contributed by atoms with Crippen molar-refractivity contribution in [2.24, 2.45) is 0 Å². The minimum Gasteiger partial charge on any atom is -0.107 e. The minimum absolute atomic E-state index is 0.746. The molecule has 0 saturated heterocycles. The van der Waals surface area contributed by atoms with E-state index in [0.717, 1.165) is 9.52 Å². The molecule has 0 aliphatic carbocycles. The van der Waals surface area contributed by atoms with Crippen LogP contribution >= 0.6 is 0 Å². The van der Waals surface area contributed by atoms with E-state index in [4.69, 9.17) is 0 Å². The van der Waals surface area contributed by atoms with Gasteiger partial charge in [0.2, 0.25) is 0 Å². The van der Waals surface area contributed by atoms with E-state index in [9.17, 15) is 0 Å². The lowest BCUT2D eigenvalue weighted by Gasteiger charge is -2.12. The summed E-state index contributed by atoms with van der Waals surface area (Å²) in [4.78, 5) is 0. The minimum atomic E-state index is -0.749. The number of benzene rings is 1. The summed E-state index contributed by atoms with van der Waals surface area (Å²) in [5.41, 5.74) is 4.75. The fraction of sp³-hybridized carbons (Fsp3) is 0.412. The Hall–Kier alpha value is -0.866. The second kappa shape index (κ2) is 9.10. The van der Waals surface area contributed by atoms with Gasteiger partial charge in [0.15, 0.2) is 0 Å². The molecule has 0 bridgehead atoms. The van der Waals surface area contributed by atoms with Crippen LogP contribution in [0.3, 0.4) is 0 Å². The van der Waals surface area contributed by atoms with Crippen molar-refractivity contribution in [1.82, 2.24) is 0 Å². The maximum atomic E-state index is 3.74. The van der Waals surface area contributed by atoms with E-state index in [-0.39, 0.29) is 0 Å². The van der Waals surface area contributed by atoms with Crippen molar-refractivity contribution in [3.8, 4) is 0 Å². The first kappa shape index (κ1) is 18.1. The lowest BCUT2D eigenvalue weighted by atomic mass is 10.1. The van der Waals surface area contributed by atoms with E-state index in [1.165, 1.54) is 28.8 Å².